The van der Waals surface area contributed by atoms with Crippen molar-refractivity contribution >= 4 is 17.7 Å². The van der Waals surface area contributed by atoms with Crippen LogP contribution in [0.2, 0.25) is 0 Å². The second-order valence-electron chi connectivity index (χ2n) is 5.66. The molecular weight excluding hydrogens is 298 g/mol. The highest BCUT2D eigenvalue weighted by atomic mass is 16.5. The summed E-state index contributed by atoms with van der Waals surface area (Å²) >= 11 is 0. The van der Waals surface area contributed by atoms with Crippen molar-refractivity contribution in [2.75, 3.05) is 69.0 Å². The molecule has 0 unspecified atom stereocenters. The molecule has 0 aliphatic carbocycles. The van der Waals surface area contributed by atoms with Crippen molar-refractivity contribution in [1.29, 1.82) is 0 Å². The molecule has 1 aromatic rings. The molecule has 3 aliphatic rings. The maximum absolute atomic E-state index is 5.65. The van der Waals surface area contributed by atoms with E-state index < -0.39 is 0 Å². The maximum atomic E-state index is 5.65. The molecule has 0 bridgehead atoms. The minimum absolute atomic E-state index is 0.625. The van der Waals surface area contributed by atoms with Crippen molar-refractivity contribution in [2.45, 2.75) is 6.42 Å². The number of aromatic nitrogens is 3. The number of ether oxygens (including phenoxy) is 3. The lowest BCUT2D eigenvalue weighted by molar-refractivity contribution is 0.121. The predicted molar refractivity (Wildman–Crippen MR) is 84.4 cm³/mol. The van der Waals surface area contributed by atoms with E-state index in [-0.39, 0.29) is 0 Å². The molecule has 4 heterocycles. The Kier molecular flexibility index (Phi) is 4.25. The van der Waals surface area contributed by atoms with Crippen molar-refractivity contribution in [2.24, 2.45) is 0 Å². The minimum atomic E-state index is 0.625. The monoisotopic (exact) mass is 319 g/mol. The third-order valence-corrected chi connectivity index (χ3v) is 4.13. The fraction of sp³-hybridized carbons (Fsp3) is 0.667. The standard InChI is InChI=1S/C15H21N5O3/c1-2-12(23-7-1)13-16-14(19-3-8-21-9-4-19)18-15(17-13)20-5-10-22-11-6-20/h2H,1,3-11H2. The smallest absolute Gasteiger partial charge is 0.230 e. The Morgan fingerprint density at radius 3 is 1.78 bits per heavy atom. The van der Waals surface area contributed by atoms with E-state index in [9.17, 15) is 0 Å². The summed E-state index contributed by atoms with van der Waals surface area (Å²) < 4.78 is 16.5. The summed E-state index contributed by atoms with van der Waals surface area (Å²) in [5.74, 6) is 2.80. The number of morpholine rings is 2. The van der Waals surface area contributed by atoms with Crippen LogP contribution in [0.5, 0.6) is 0 Å². The summed E-state index contributed by atoms with van der Waals surface area (Å²) in [5.41, 5.74) is 0. The molecule has 0 amide bonds. The molecule has 3 aliphatic heterocycles. The van der Waals surface area contributed by atoms with Crippen molar-refractivity contribution in [3.05, 3.63) is 11.9 Å². The van der Waals surface area contributed by atoms with Gasteiger partial charge in [-0.1, -0.05) is 0 Å². The van der Waals surface area contributed by atoms with Gasteiger partial charge in [0.1, 0.15) is 0 Å². The molecule has 8 heteroatoms. The molecule has 1 aromatic heterocycles. The minimum Gasteiger partial charge on any atom is -0.490 e. The van der Waals surface area contributed by atoms with Gasteiger partial charge in [-0.15, -0.1) is 0 Å². The van der Waals surface area contributed by atoms with Crippen molar-refractivity contribution < 1.29 is 14.2 Å². The highest BCUT2D eigenvalue weighted by Crippen LogP contribution is 2.23. The lowest BCUT2D eigenvalue weighted by Crippen LogP contribution is -2.40. The van der Waals surface area contributed by atoms with Gasteiger partial charge >= 0.3 is 0 Å². The third kappa shape index (κ3) is 3.23. The first-order chi connectivity index (χ1) is 11.4. The number of anilines is 2. The Morgan fingerprint density at radius 2 is 1.30 bits per heavy atom. The Morgan fingerprint density at radius 1 is 0.739 bits per heavy atom. The highest BCUT2D eigenvalue weighted by Gasteiger charge is 2.23. The first kappa shape index (κ1) is 14.6. The molecular formula is C15H21N5O3. The predicted octanol–water partition coefficient (Wildman–Crippen LogP) is 0.306. The van der Waals surface area contributed by atoms with E-state index in [1.54, 1.807) is 0 Å². The van der Waals surface area contributed by atoms with Crippen molar-refractivity contribution in [3.63, 3.8) is 0 Å². The van der Waals surface area contributed by atoms with E-state index in [4.69, 9.17) is 14.2 Å². The first-order valence-electron chi connectivity index (χ1n) is 8.15. The molecule has 0 saturated carbocycles. The fourth-order valence-electron chi connectivity index (χ4n) is 2.85. The molecule has 8 nitrogen and oxygen atoms in total. The maximum Gasteiger partial charge on any atom is 0.230 e. The van der Waals surface area contributed by atoms with Gasteiger partial charge in [0.15, 0.2) is 5.76 Å². The molecule has 0 aromatic carbocycles. The van der Waals surface area contributed by atoms with Crippen LogP contribution < -0.4 is 9.80 Å². The van der Waals surface area contributed by atoms with E-state index in [0.29, 0.717) is 50.8 Å². The summed E-state index contributed by atoms with van der Waals surface area (Å²) in [6, 6.07) is 0. The average molecular weight is 319 g/mol. The van der Waals surface area contributed by atoms with Crippen molar-refractivity contribution in [1.82, 2.24) is 15.0 Å². The summed E-state index contributed by atoms with van der Waals surface area (Å²) in [6.07, 6.45) is 2.95. The summed E-state index contributed by atoms with van der Waals surface area (Å²) in [6.45, 7) is 6.69. The van der Waals surface area contributed by atoms with Crippen LogP contribution >= 0.6 is 0 Å². The summed E-state index contributed by atoms with van der Waals surface area (Å²) in [7, 11) is 0. The third-order valence-electron chi connectivity index (χ3n) is 4.13. The first-order valence-corrected chi connectivity index (χ1v) is 8.15. The van der Waals surface area contributed by atoms with Crippen molar-refractivity contribution in [3.8, 4) is 0 Å². The fourth-order valence-corrected chi connectivity index (χ4v) is 2.85. The average Bonchev–Trinajstić information content (AvgIpc) is 3.18. The van der Waals surface area contributed by atoms with Crippen LogP contribution in [0.15, 0.2) is 6.08 Å². The quantitative estimate of drug-likeness (QED) is 0.788. The summed E-state index contributed by atoms with van der Waals surface area (Å²) in [4.78, 5) is 18.2. The molecule has 0 radical (unpaired) electrons. The number of hydrogen-bond acceptors (Lipinski definition) is 8. The lowest BCUT2D eigenvalue weighted by Gasteiger charge is -2.30. The number of nitrogens with zero attached hydrogens (tertiary/aromatic N) is 5. The molecule has 2 fully saturated rings. The van der Waals surface area contributed by atoms with Gasteiger partial charge in [0.05, 0.1) is 33.0 Å². The molecule has 124 valence electrons. The van der Waals surface area contributed by atoms with Crippen LogP contribution in [0, 0.1) is 0 Å². The Balaban J connectivity index is 1.67. The van der Waals surface area contributed by atoms with E-state index in [2.05, 4.69) is 24.8 Å². The van der Waals surface area contributed by atoms with Gasteiger partial charge in [0.2, 0.25) is 17.7 Å². The van der Waals surface area contributed by atoms with Crippen LogP contribution in [0.4, 0.5) is 11.9 Å². The Labute approximate surface area is 135 Å². The van der Waals surface area contributed by atoms with Gasteiger partial charge < -0.3 is 24.0 Å². The normalized spacial score (nSPS) is 22.0. The van der Waals surface area contributed by atoms with Crippen LogP contribution in [0.3, 0.4) is 0 Å². The molecule has 0 spiro atoms. The highest BCUT2D eigenvalue weighted by molar-refractivity contribution is 5.57. The zero-order valence-electron chi connectivity index (χ0n) is 13.1. The Bertz CT molecular complexity index is 546. The molecule has 0 atom stereocenters. The molecule has 4 rings (SSSR count). The summed E-state index contributed by atoms with van der Waals surface area (Å²) in [5, 5.41) is 0. The van der Waals surface area contributed by atoms with Gasteiger partial charge in [0.25, 0.3) is 0 Å². The van der Waals surface area contributed by atoms with Gasteiger partial charge in [0, 0.05) is 32.6 Å². The van der Waals surface area contributed by atoms with Gasteiger partial charge in [-0.2, -0.15) is 15.0 Å². The molecule has 0 N–H and O–H groups in total. The van der Waals surface area contributed by atoms with Gasteiger partial charge in [-0.3, -0.25) is 0 Å². The topological polar surface area (TPSA) is 72.8 Å². The van der Waals surface area contributed by atoms with E-state index in [1.807, 2.05) is 6.08 Å². The number of rotatable bonds is 3. The SMILES string of the molecule is C1=C(c2nc(N3CCOCC3)nc(N3CCOCC3)n2)OCC1. The zero-order valence-corrected chi connectivity index (χ0v) is 13.1. The van der Waals surface area contributed by atoms with E-state index >= 15 is 0 Å². The van der Waals surface area contributed by atoms with Gasteiger partial charge in [-0.05, 0) is 6.08 Å². The van der Waals surface area contributed by atoms with E-state index in [1.165, 1.54) is 0 Å². The van der Waals surface area contributed by atoms with Gasteiger partial charge in [-0.25, -0.2) is 0 Å². The molecule has 2 saturated heterocycles. The molecule has 23 heavy (non-hydrogen) atoms. The number of hydrogen-bond donors (Lipinski definition) is 0. The lowest BCUT2D eigenvalue weighted by atomic mass is 10.4. The van der Waals surface area contributed by atoms with Crippen LogP contribution in [0.1, 0.15) is 12.2 Å². The largest absolute Gasteiger partial charge is 0.490 e. The van der Waals surface area contributed by atoms with Crippen LogP contribution in [0.25, 0.3) is 5.76 Å². The second-order valence-corrected chi connectivity index (χ2v) is 5.66. The second kappa shape index (κ2) is 6.67. The zero-order chi connectivity index (χ0) is 15.5. The van der Waals surface area contributed by atoms with Crippen LogP contribution in [-0.4, -0.2) is 74.2 Å². The van der Waals surface area contributed by atoms with E-state index in [0.717, 1.165) is 38.4 Å². The van der Waals surface area contributed by atoms with Crippen LogP contribution in [-0.2, 0) is 14.2 Å². The Hall–Kier alpha value is -1.93.